The van der Waals surface area contributed by atoms with Gasteiger partial charge in [0, 0.05) is 13.1 Å². The summed E-state index contributed by atoms with van der Waals surface area (Å²) in [6.45, 7) is 6.44. The molecule has 2 N–H and O–H groups in total. The lowest BCUT2D eigenvalue weighted by atomic mass is 9.84. The van der Waals surface area contributed by atoms with E-state index < -0.39 is 17.5 Å². The standard InChI is InChI=1S/C32H37NO3/c1-32(2,31(35)36)28-17-15-24(16-18-28)29(34)14-9-21-33-22-19-27(20-23-33)30(25-10-5-3-6-11-25)26-12-7-4-8-13-26/h3-8,10-13,15-18,29,34H,9,14,19-23H2,1-2H3,(H,35,36). The molecule has 0 bridgehead atoms. The third-order valence-electron chi connectivity index (χ3n) is 7.44. The molecule has 36 heavy (non-hydrogen) atoms. The summed E-state index contributed by atoms with van der Waals surface area (Å²) in [4.78, 5) is 14.0. The minimum Gasteiger partial charge on any atom is -0.481 e. The van der Waals surface area contributed by atoms with E-state index in [1.54, 1.807) is 13.8 Å². The molecule has 0 radical (unpaired) electrons. The van der Waals surface area contributed by atoms with E-state index >= 15 is 0 Å². The minimum atomic E-state index is -0.939. The molecule has 1 aliphatic heterocycles. The van der Waals surface area contributed by atoms with Gasteiger partial charge in [0.2, 0.25) is 0 Å². The molecule has 1 atom stereocenters. The number of aliphatic hydroxyl groups is 1. The summed E-state index contributed by atoms with van der Waals surface area (Å²) >= 11 is 0. The largest absolute Gasteiger partial charge is 0.481 e. The average molecular weight is 484 g/mol. The molecule has 4 nitrogen and oxygen atoms in total. The van der Waals surface area contributed by atoms with Gasteiger partial charge in [0.15, 0.2) is 0 Å². The smallest absolute Gasteiger partial charge is 0.313 e. The van der Waals surface area contributed by atoms with E-state index in [2.05, 4.69) is 65.6 Å². The topological polar surface area (TPSA) is 60.8 Å². The van der Waals surface area contributed by atoms with Crippen molar-refractivity contribution in [3.63, 3.8) is 0 Å². The van der Waals surface area contributed by atoms with Crippen molar-refractivity contribution in [2.24, 2.45) is 0 Å². The molecule has 188 valence electrons. The fraction of sp³-hybridized carbons (Fsp3) is 0.344. The molecule has 0 aromatic heterocycles. The Balaban J connectivity index is 1.32. The van der Waals surface area contributed by atoms with E-state index in [1.807, 2.05) is 24.3 Å². The molecule has 1 unspecified atom stereocenters. The molecule has 0 amide bonds. The maximum absolute atomic E-state index is 11.5. The first kappa shape index (κ1) is 25.9. The fourth-order valence-corrected chi connectivity index (χ4v) is 5.00. The van der Waals surface area contributed by atoms with Gasteiger partial charge in [0.05, 0.1) is 11.5 Å². The van der Waals surface area contributed by atoms with Gasteiger partial charge in [-0.1, -0.05) is 90.5 Å². The number of hydrogen-bond acceptors (Lipinski definition) is 3. The average Bonchev–Trinajstić information content (AvgIpc) is 2.91. The number of piperidine rings is 1. The van der Waals surface area contributed by atoms with Crippen LogP contribution in [0.3, 0.4) is 0 Å². The Morgan fingerprint density at radius 3 is 1.89 bits per heavy atom. The predicted octanol–water partition coefficient (Wildman–Crippen LogP) is 6.46. The Hall–Kier alpha value is -3.21. The third-order valence-corrected chi connectivity index (χ3v) is 7.44. The summed E-state index contributed by atoms with van der Waals surface area (Å²) in [6.07, 6.45) is 3.20. The number of carboxylic acid groups (broad SMARTS) is 1. The molecule has 1 heterocycles. The van der Waals surface area contributed by atoms with Crippen molar-refractivity contribution in [1.82, 2.24) is 4.90 Å². The van der Waals surface area contributed by atoms with Crippen LogP contribution in [-0.4, -0.2) is 40.7 Å². The van der Waals surface area contributed by atoms with Crippen LogP contribution in [0.2, 0.25) is 0 Å². The molecule has 0 saturated carbocycles. The van der Waals surface area contributed by atoms with Gasteiger partial charge < -0.3 is 15.1 Å². The van der Waals surface area contributed by atoms with E-state index in [4.69, 9.17) is 0 Å². The van der Waals surface area contributed by atoms with Crippen molar-refractivity contribution >= 4 is 11.5 Å². The van der Waals surface area contributed by atoms with Crippen molar-refractivity contribution < 1.29 is 15.0 Å². The molecular weight excluding hydrogens is 446 g/mol. The molecule has 1 aliphatic rings. The van der Waals surface area contributed by atoms with Gasteiger partial charge in [-0.05, 0) is 73.9 Å². The van der Waals surface area contributed by atoms with Crippen LogP contribution >= 0.6 is 0 Å². The second-order valence-corrected chi connectivity index (χ2v) is 10.3. The second kappa shape index (κ2) is 11.7. The van der Waals surface area contributed by atoms with Crippen LogP contribution in [0.5, 0.6) is 0 Å². The van der Waals surface area contributed by atoms with Crippen LogP contribution in [0.15, 0.2) is 90.5 Å². The highest BCUT2D eigenvalue weighted by Gasteiger charge is 2.29. The first-order valence-corrected chi connectivity index (χ1v) is 12.9. The highest BCUT2D eigenvalue weighted by atomic mass is 16.4. The van der Waals surface area contributed by atoms with E-state index in [1.165, 1.54) is 22.3 Å². The van der Waals surface area contributed by atoms with Gasteiger partial charge in [0.25, 0.3) is 0 Å². The summed E-state index contributed by atoms with van der Waals surface area (Å²) in [5.41, 5.74) is 6.12. The van der Waals surface area contributed by atoms with Gasteiger partial charge >= 0.3 is 5.97 Å². The zero-order chi connectivity index (χ0) is 25.5. The minimum absolute atomic E-state index is 0.532. The Kier molecular flexibility index (Phi) is 8.40. The fourth-order valence-electron chi connectivity index (χ4n) is 5.00. The quantitative estimate of drug-likeness (QED) is 0.367. The SMILES string of the molecule is CC(C)(C(=O)O)c1ccc(C(O)CCCN2CCC(=C(c3ccccc3)c3ccccc3)CC2)cc1. The maximum atomic E-state index is 11.5. The van der Waals surface area contributed by atoms with E-state index in [0.29, 0.717) is 6.42 Å². The molecular formula is C32H37NO3. The van der Waals surface area contributed by atoms with Crippen molar-refractivity contribution in [3.8, 4) is 0 Å². The lowest BCUT2D eigenvalue weighted by Gasteiger charge is -2.30. The Morgan fingerprint density at radius 1 is 0.861 bits per heavy atom. The lowest BCUT2D eigenvalue weighted by Crippen LogP contribution is -2.32. The molecule has 1 fully saturated rings. The molecule has 0 aliphatic carbocycles. The number of rotatable bonds is 9. The third kappa shape index (κ3) is 6.13. The van der Waals surface area contributed by atoms with Gasteiger partial charge in [0.1, 0.15) is 0 Å². The van der Waals surface area contributed by atoms with Crippen LogP contribution in [-0.2, 0) is 10.2 Å². The lowest BCUT2D eigenvalue weighted by molar-refractivity contribution is -0.142. The molecule has 3 aromatic rings. The first-order chi connectivity index (χ1) is 17.4. The van der Waals surface area contributed by atoms with Crippen LogP contribution in [0, 0.1) is 0 Å². The Bertz CT molecular complexity index is 1120. The number of carboxylic acids is 1. The van der Waals surface area contributed by atoms with Crippen LogP contribution in [0.1, 0.15) is 67.9 Å². The molecule has 0 spiro atoms. The molecule has 4 heteroatoms. The van der Waals surface area contributed by atoms with Crippen molar-refractivity contribution in [2.45, 2.75) is 51.0 Å². The zero-order valence-electron chi connectivity index (χ0n) is 21.4. The number of aliphatic carboxylic acids is 1. The summed E-state index contributed by atoms with van der Waals surface area (Å²) < 4.78 is 0. The summed E-state index contributed by atoms with van der Waals surface area (Å²) in [6, 6.07) is 28.8. The summed E-state index contributed by atoms with van der Waals surface area (Å²) in [5, 5.41) is 20.1. The van der Waals surface area contributed by atoms with Gasteiger partial charge in [-0.3, -0.25) is 4.79 Å². The van der Waals surface area contributed by atoms with Crippen molar-refractivity contribution in [2.75, 3.05) is 19.6 Å². The van der Waals surface area contributed by atoms with Crippen molar-refractivity contribution in [1.29, 1.82) is 0 Å². The predicted molar refractivity (Wildman–Crippen MR) is 146 cm³/mol. The number of hydrogen-bond donors (Lipinski definition) is 2. The van der Waals surface area contributed by atoms with Gasteiger partial charge in [-0.15, -0.1) is 0 Å². The van der Waals surface area contributed by atoms with Crippen molar-refractivity contribution in [3.05, 3.63) is 113 Å². The summed E-state index contributed by atoms with van der Waals surface area (Å²) in [7, 11) is 0. The summed E-state index contributed by atoms with van der Waals surface area (Å²) in [5.74, 6) is -0.852. The Labute approximate surface area is 214 Å². The Morgan fingerprint density at radius 2 is 1.39 bits per heavy atom. The molecule has 1 saturated heterocycles. The van der Waals surface area contributed by atoms with Gasteiger partial charge in [-0.2, -0.15) is 0 Å². The maximum Gasteiger partial charge on any atom is 0.313 e. The highest BCUT2D eigenvalue weighted by Crippen LogP contribution is 2.32. The zero-order valence-corrected chi connectivity index (χ0v) is 21.4. The molecule has 3 aromatic carbocycles. The van der Waals surface area contributed by atoms with E-state index in [9.17, 15) is 15.0 Å². The first-order valence-electron chi connectivity index (χ1n) is 12.9. The normalized spacial score (nSPS) is 15.5. The highest BCUT2D eigenvalue weighted by molar-refractivity contribution is 5.82. The van der Waals surface area contributed by atoms with E-state index in [-0.39, 0.29) is 0 Å². The van der Waals surface area contributed by atoms with Crippen LogP contribution in [0.25, 0.3) is 5.57 Å². The monoisotopic (exact) mass is 483 g/mol. The number of benzene rings is 3. The van der Waals surface area contributed by atoms with Crippen LogP contribution in [0.4, 0.5) is 0 Å². The number of carbonyl (C=O) groups is 1. The number of nitrogens with zero attached hydrogens (tertiary/aromatic N) is 1. The number of likely N-dealkylation sites (tertiary alicyclic amines) is 1. The van der Waals surface area contributed by atoms with Crippen LogP contribution < -0.4 is 0 Å². The van der Waals surface area contributed by atoms with E-state index in [0.717, 1.165) is 50.0 Å². The molecule has 4 rings (SSSR count). The number of aliphatic hydroxyl groups excluding tert-OH is 1. The van der Waals surface area contributed by atoms with Gasteiger partial charge in [-0.25, -0.2) is 0 Å². The second-order valence-electron chi connectivity index (χ2n) is 10.3.